The summed E-state index contributed by atoms with van der Waals surface area (Å²) in [7, 11) is -3.19. The molecule has 2 atom stereocenters. The van der Waals surface area contributed by atoms with Crippen LogP contribution in [0, 0.1) is 0 Å². The van der Waals surface area contributed by atoms with Crippen molar-refractivity contribution in [1.29, 1.82) is 0 Å². The summed E-state index contributed by atoms with van der Waals surface area (Å²) in [6.07, 6.45) is 0.371. The quantitative estimate of drug-likeness (QED) is 0.431. The van der Waals surface area contributed by atoms with Crippen LogP contribution in [0.25, 0.3) is 10.4 Å². The molecule has 7 heteroatoms. The Morgan fingerprint density at radius 2 is 2.40 bits per heavy atom. The van der Waals surface area contributed by atoms with Gasteiger partial charge in [0.2, 0.25) is 0 Å². The molecule has 0 fully saturated rings. The van der Waals surface area contributed by atoms with Crippen LogP contribution in [0.4, 0.5) is 0 Å². The van der Waals surface area contributed by atoms with Crippen LogP contribution in [-0.4, -0.2) is 13.7 Å². The van der Waals surface area contributed by atoms with Crippen LogP contribution in [0.3, 0.4) is 0 Å². The number of thiophene rings is 1. The molecule has 0 aliphatic carbocycles. The minimum absolute atomic E-state index is 0.338. The third-order valence-corrected chi connectivity index (χ3v) is 6.26. The highest BCUT2D eigenvalue weighted by molar-refractivity contribution is 7.94. The van der Waals surface area contributed by atoms with Gasteiger partial charge in [-0.3, -0.25) is 0 Å². The molecular formula is C8H9N3O2S2. The van der Waals surface area contributed by atoms with Crippen LogP contribution in [0.5, 0.6) is 0 Å². The van der Waals surface area contributed by atoms with E-state index >= 15 is 0 Å². The number of rotatable bonds is 1. The van der Waals surface area contributed by atoms with Crippen LogP contribution >= 0.6 is 11.3 Å². The Morgan fingerprint density at radius 1 is 1.67 bits per heavy atom. The predicted octanol–water partition coefficient (Wildman–Crippen LogP) is 2.67. The first-order valence-corrected chi connectivity index (χ1v) is 6.85. The summed E-state index contributed by atoms with van der Waals surface area (Å²) in [5.41, 5.74) is 9.06. The van der Waals surface area contributed by atoms with E-state index in [1.165, 1.54) is 11.3 Å². The fourth-order valence-electron chi connectivity index (χ4n) is 1.71. The molecule has 0 unspecified atom stereocenters. The molecule has 0 amide bonds. The first kappa shape index (κ1) is 10.5. The summed E-state index contributed by atoms with van der Waals surface area (Å²) in [5, 5.41) is 4.89. The Balaban J connectivity index is 2.62. The molecule has 1 aromatic rings. The van der Waals surface area contributed by atoms with Crippen LogP contribution in [0.1, 0.15) is 24.9 Å². The lowest BCUT2D eigenvalue weighted by molar-refractivity contribution is 0.541. The second kappa shape index (κ2) is 3.52. The van der Waals surface area contributed by atoms with Gasteiger partial charge in [-0.1, -0.05) is 5.11 Å². The fraction of sp³-hybridized carbons (Fsp3) is 0.500. The van der Waals surface area contributed by atoms with Crippen molar-refractivity contribution in [2.45, 2.75) is 28.8 Å². The molecule has 2 rings (SSSR count). The van der Waals surface area contributed by atoms with Gasteiger partial charge >= 0.3 is 0 Å². The van der Waals surface area contributed by atoms with Crippen molar-refractivity contribution in [3.63, 3.8) is 0 Å². The van der Waals surface area contributed by atoms with Crippen molar-refractivity contribution in [1.82, 2.24) is 0 Å². The molecule has 15 heavy (non-hydrogen) atoms. The van der Waals surface area contributed by atoms with Gasteiger partial charge in [-0.25, -0.2) is 8.42 Å². The van der Waals surface area contributed by atoms with Gasteiger partial charge in [-0.05, 0) is 35.9 Å². The molecule has 80 valence electrons. The highest BCUT2D eigenvalue weighted by Crippen LogP contribution is 2.41. The molecular weight excluding hydrogens is 234 g/mol. The first-order valence-electron chi connectivity index (χ1n) is 4.43. The van der Waals surface area contributed by atoms with E-state index < -0.39 is 15.1 Å². The number of hydrogen-bond acceptors (Lipinski definition) is 4. The topological polar surface area (TPSA) is 82.9 Å². The lowest BCUT2D eigenvalue weighted by Crippen LogP contribution is -2.25. The van der Waals surface area contributed by atoms with E-state index in [4.69, 9.17) is 5.53 Å². The zero-order valence-electron chi connectivity index (χ0n) is 7.99. The maximum Gasteiger partial charge on any atom is 0.190 e. The monoisotopic (exact) mass is 243 g/mol. The number of hydrogen-bond donors (Lipinski definition) is 0. The molecule has 2 heterocycles. The van der Waals surface area contributed by atoms with Gasteiger partial charge in [-0.15, -0.1) is 11.3 Å². The third kappa shape index (κ3) is 1.52. The maximum absolute atomic E-state index is 11.9. The van der Waals surface area contributed by atoms with Crippen molar-refractivity contribution in [3.8, 4) is 0 Å². The summed E-state index contributed by atoms with van der Waals surface area (Å²) < 4.78 is 24.1. The zero-order chi connectivity index (χ0) is 11.1. The summed E-state index contributed by atoms with van der Waals surface area (Å²) in [6, 6.07) is 1.39. The Morgan fingerprint density at radius 3 is 3.07 bits per heavy atom. The SMILES string of the molecule is C[C@@H]1C[C@@H](N=[N+]=[N-])c2ccsc2S1(=O)=O. The fourth-order valence-corrected chi connectivity index (χ4v) is 4.91. The molecule has 5 nitrogen and oxygen atoms in total. The van der Waals surface area contributed by atoms with Gasteiger partial charge in [0.15, 0.2) is 9.84 Å². The number of fused-ring (bicyclic) bond motifs is 1. The average Bonchev–Trinajstić information content (AvgIpc) is 2.64. The van der Waals surface area contributed by atoms with E-state index in [2.05, 4.69) is 10.0 Å². The lowest BCUT2D eigenvalue weighted by Gasteiger charge is -2.23. The van der Waals surface area contributed by atoms with Gasteiger partial charge in [0.05, 0.1) is 11.3 Å². The van der Waals surface area contributed by atoms with Crippen LogP contribution in [-0.2, 0) is 9.84 Å². The molecule has 1 aliphatic heterocycles. The van der Waals surface area contributed by atoms with E-state index in [0.29, 0.717) is 16.2 Å². The van der Waals surface area contributed by atoms with Crippen LogP contribution in [0.15, 0.2) is 20.8 Å². The van der Waals surface area contributed by atoms with Crippen molar-refractivity contribution < 1.29 is 8.42 Å². The lowest BCUT2D eigenvalue weighted by atomic mass is 10.1. The molecule has 1 aromatic heterocycles. The Labute approximate surface area is 91.3 Å². The minimum Gasteiger partial charge on any atom is -0.223 e. The molecule has 0 saturated carbocycles. The Bertz CT molecular complexity index is 528. The smallest absolute Gasteiger partial charge is 0.190 e. The highest BCUT2D eigenvalue weighted by atomic mass is 32.2. The summed E-state index contributed by atoms with van der Waals surface area (Å²) in [5.74, 6) is 0. The standard InChI is InChI=1S/C8H9N3O2S2/c1-5-4-7(10-11-9)6-2-3-14-8(6)15(5,12)13/h2-3,5,7H,4H2,1H3/t5-,7-/m1/s1. The molecule has 1 aliphatic rings. The van der Waals surface area contributed by atoms with Gasteiger partial charge < -0.3 is 0 Å². The number of nitrogens with zero attached hydrogens (tertiary/aromatic N) is 3. The van der Waals surface area contributed by atoms with E-state index in [9.17, 15) is 8.42 Å². The zero-order valence-corrected chi connectivity index (χ0v) is 9.62. The number of azide groups is 1. The molecule has 0 radical (unpaired) electrons. The van der Waals surface area contributed by atoms with Gasteiger partial charge in [0.25, 0.3) is 0 Å². The van der Waals surface area contributed by atoms with Crippen molar-refractivity contribution in [2.24, 2.45) is 5.11 Å². The van der Waals surface area contributed by atoms with Gasteiger partial charge in [0.1, 0.15) is 4.21 Å². The Hall–Kier alpha value is -1.04. The minimum atomic E-state index is -3.19. The largest absolute Gasteiger partial charge is 0.223 e. The molecule has 0 aromatic carbocycles. The first-order chi connectivity index (χ1) is 7.07. The Kier molecular flexibility index (Phi) is 2.46. The summed E-state index contributed by atoms with van der Waals surface area (Å²) >= 11 is 1.19. The summed E-state index contributed by atoms with van der Waals surface area (Å²) in [6.45, 7) is 1.65. The van der Waals surface area contributed by atoms with Gasteiger partial charge in [0, 0.05) is 4.91 Å². The van der Waals surface area contributed by atoms with Crippen molar-refractivity contribution >= 4 is 21.2 Å². The third-order valence-electron chi connectivity index (χ3n) is 2.55. The number of sulfone groups is 1. The molecule has 0 N–H and O–H groups in total. The average molecular weight is 243 g/mol. The van der Waals surface area contributed by atoms with Crippen LogP contribution in [0.2, 0.25) is 0 Å². The van der Waals surface area contributed by atoms with Crippen molar-refractivity contribution in [2.75, 3.05) is 0 Å². The van der Waals surface area contributed by atoms with E-state index in [0.717, 1.165) is 0 Å². The van der Waals surface area contributed by atoms with Crippen molar-refractivity contribution in [3.05, 3.63) is 27.5 Å². The van der Waals surface area contributed by atoms with E-state index in [-0.39, 0.29) is 6.04 Å². The van der Waals surface area contributed by atoms with Gasteiger partial charge in [-0.2, -0.15) is 0 Å². The summed E-state index contributed by atoms with van der Waals surface area (Å²) in [4.78, 5) is 2.75. The second-order valence-electron chi connectivity index (χ2n) is 3.48. The molecule has 0 spiro atoms. The normalized spacial score (nSPS) is 27.8. The second-order valence-corrected chi connectivity index (χ2v) is 6.95. The van der Waals surface area contributed by atoms with E-state index in [1.54, 1.807) is 18.4 Å². The van der Waals surface area contributed by atoms with Crippen LogP contribution < -0.4 is 0 Å². The highest BCUT2D eigenvalue weighted by Gasteiger charge is 2.36. The van der Waals surface area contributed by atoms with E-state index in [1.807, 2.05) is 0 Å². The maximum atomic E-state index is 11.9. The predicted molar refractivity (Wildman–Crippen MR) is 57.5 cm³/mol. The molecule has 0 saturated heterocycles. The molecule has 0 bridgehead atoms.